The van der Waals surface area contributed by atoms with Gasteiger partial charge in [-0.05, 0) is 5.75 Å². The van der Waals surface area contributed by atoms with Gasteiger partial charge in [0.05, 0.1) is 19.8 Å². The Morgan fingerprint density at radius 1 is 1.38 bits per heavy atom. The minimum Gasteiger partial charge on any atom is -0.382 e. The number of rotatable bonds is 8. The Kier molecular flexibility index (Phi) is 10.6. The van der Waals surface area contributed by atoms with Gasteiger partial charge in [-0.1, -0.05) is 11.8 Å². The zero-order valence-corrected chi connectivity index (χ0v) is 9.53. The fourth-order valence-corrected chi connectivity index (χ4v) is 1.65. The van der Waals surface area contributed by atoms with Crippen LogP contribution in [0.3, 0.4) is 0 Å². The summed E-state index contributed by atoms with van der Waals surface area (Å²) >= 11 is 5.27. The van der Waals surface area contributed by atoms with Crippen molar-refractivity contribution in [2.24, 2.45) is 0 Å². The molecule has 0 rings (SSSR count). The SMILES string of the molecule is COCCOCCSC(=O)CCS. The summed E-state index contributed by atoms with van der Waals surface area (Å²) in [6, 6.07) is 0. The van der Waals surface area contributed by atoms with Crippen molar-refractivity contribution < 1.29 is 14.3 Å². The summed E-state index contributed by atoms with van der Waals surface area (Å²) in [5.74, 6) is 1.34. The van der Waals surface area contributed by atoms with Gasteiger partial charge in [0.1, 0.15) is 0 Å². The van der Waals surface area contributed by atoms with E-state index in [-0.39, 0.29) is 5.12 Å². The third-order valence-corrected chi connectivity index (χ3v) is 2.36. The molecule has 0 radical (unpaired) electrons. The number of thioether (sulfide) groups is 1. The second-order valence-corrected chi connectivity index (χ2v) is 3.90. The van der Waals surface area contributed by atoms with Gasteiger partial charge in [0.25, 0.3) is 0 Å². The predicted molar refractivity (Wildman–Crippen MR) is 58.6 cm³/mol. The van der Waals surface area contributed by atoms with Crippen LogP contribution in [-0.2, 0) is 14.3 Å². The maximum atomic E-state index is 11.0. The Morgan fingerprint density at radius 3 is 2.77 bits per heavy atom. The molecule has 0 aliphatic rings. The molecule has 0 saturated carbocycles. The summed E-state index contributed by atoms with van der Waals surface area (Å²) in [6.45, 7) is 1.80. The molecule has 0 fully saturated rings. The Bertz CT molecular complexity index is 131. The number of hydrogen-bond acceptors (Lipinski definition) is 5. The number of methoxy groups -OCH3 is 1. The average molecular weight is 224 g/mol. The Morgan fingerprint density at radius 2 is 2.15 bits per heavy atom. The molecule has 0 unspecified atom stereocenters. The molecule has 0 aromatic heterocycles. The number of carbonyl (C=O) groups excluding carboxylic acids is 1. The van der Waals surface area contributed by atoms with Crippen LogP contribution in [0.5, 0.6) is 0 Å². The van der Waals surface area contributed by atoms with Gasteiger partial charge in [-0.25, -0.2) is 0 Å². The first-order valence-electron chi connectivity index (χ1n) is 4.14. The lowest BCUT2D eigenvalue weighted by atomic mass is 10.5. The largest absolute Gasteiger partial charge is 0.382 e. The molecule has 0 atom stereocenters. The van der Waals surface area contributed by atoms with Gasteiger partial charge in [-0.15, -0.1) is 0 Å². The lowest BCUT2D eigenvalue weighted by Gasteiger charge is -2.02. The van der Waals surface area contributed by atoms with Crippen molar-refractivity contribution in [1.29, 1.82) is 0 Å². The summed E-state index contributed by atoms with van der Waals surface area (Å²) in [5.41, 5.74) is 0. The molecule has 5 heteroatoms. The van der Waals surface area contributed by atoms with E-state index in [2.05, 4.69) is 12.6 Å². The van der Waals surface area contributed by atoms with Crippen molar-refractivity contribution in [3.05, 3.63) is 0 Å². The van der Waals surface area contributed by atoms with Gasteiger partial charge in [-0.3, -0.25) is 4.79 Å². The maximum absolute atomic E-state index is 11.0. The highest BCUT2D eigenvalue weighted by atomic mass is 32.2. The standard InChI is InChI=1S/C8H16O3S2/c1-10-3-4-11-5-7-13-8(9)2-6-12/h12H,2-7H2,1H3. The summed E-state index contributed by atoms with van der Waals surface area (Å²) in [4.78, 5) is 11.0. The minimum absolute atomic E-state index is 0.186. The first-order valence-corrected chi connectivity index (χ1v) is 5.76. The van der Waals surface area contributed by atoms with E-state index >= 15 is 0 Å². The topological polar surface area (TPSA) is 35.5 Å². The van der Waals surface area contributed by atoms with E-state index in [0.29, 0.717) is 32.0 Å². The van der Waals surface area contributed by atoms with Gasteiger partial charge in [-0.2, -0.15) is 12.6 Å². The second kappa shape index (κ2) is 10.4. The monoisotopic (exact) mass is 224 g/mol. The van der Waals surface area contributed by atoms with Gasteiger partial charge >= 0.3 is 0 Å². The van der Waals surface area contributed by atoms with Crippen molar-refractivity contribution in [2.75, 3.05) is 38.4 Å². The molecule has 0 spiro atoms. The molecule has 0 aromatic rings. The highest BCUT2D eigenvalue weighted by Crippen LogP contribution is 2.05. The average Bonchev–Trinajstić information content (AvgIpc) is 2.11. The predicted octanol–water partition coefficient (Wildman–Crippen LogP) is 1.23. The second-order valence-electron chi connectivity index (χ2n) is 2.30. The van der Waals surface area contributed by atoms with Gasteiger partial charge in [0.15, 0.2) is 5.12 Å². The fourth-order valence-electron chi connectivity index (χ4n) is 0.622. The van der Waals surface area contributed by atoms with Gasteiger partial charge in [0.2, 0.25) is 0 Å². The summed E-state index contributed by atoms with van der Waals surface area (Å²) in [7, 11) is 1.63. The Hall–Kier alpha value is 0.290. The van der Waals surface area contributed by atoms with E-state index in [1.165, 1.54) is 11.8 Å². The Labute approximate surface area is 89.0 Å². The smallest absolute Gasteiger partial charge is 0.189 e. The quantitative estimate of drug-likeness (QED) is 0.497. The maximum Gasteiger partial charge on any atom is 0.189 e. The van der Waals surface area contributed by atoms with Crippen LogP contribution in [0, 0.1) is 0 Å². The van der Waals surface area contributed by atoms with Crippen molar-refractivity contribution in [3.8, 4) is 0 Å². The molecular weight excluding hydrogens is 208 g/mol. The molecular formula is C8H16O3S2. The number of ether oxygens (including phenoxy) is 2. The lowest BCUT2D eigenvalue weighted by molar-refractivity contribution is -0.110. The van der Waals surface area contributed by atoms with Crippen LogP contribution in [0.2, 0.25) is 0 Å². The minimum atomic E-state index is 0.186. The fraction of sp³-hybridized carbons (Fsp3) is 0.875. The third-order valence-electron chi connectivity index (χ3n) is 1.24. The van der Waals surface area contributed by atoms with Crippen molar-refractivity contribution in [3.63, 3.8) is 0 Å². The molecule has 0 bridgehead atoms. The van der Waals surface area contributed by atoms with Crippen molar-refractivity contribution >= 4 is 29.5 Å². The first-order chi connectivity index (χ1) is 6.31. The van der Waals surface area contributed by atoms with E-state index in [1.54, 1.807) is 7.11 Å². The molecule has 0 aliphatic carbocycles. The molecule has 0 aromatic carbocycles. The number of carbonyl (C=O) groups is 1. The Balaban J connectivity index is 3.02. The van der Waals surface area contributed by atoms with Crippen LogP contribution in [0.4, 0.5) is 0 Å². The third kappa shape index (κ3) is 10.2. The normalized spacial score (nSPS) is 10.3. The van der Waals surface area contributed by atoms with Crippen LogP contribution in [0.1, 0.15) is 6.42 Å². The molecule has 3 nitrogen and oxygen atoms in total. The van der Waals surface area contributed by atoms with E-state index in [1.807, 2.05) is 0 Å². The molecule has 0 saturated heterocycles. The highest BCUT2D eigenvalue weighted by molar-refractivity contribution is 8.13. The van der Waals surface area contributed by atoms with Crippen LogP contribution in [-0.4, -0.2) is 43.6 Å². The molecule has 0 heterocycles. The van der Waals surface area contributed by atoms with Crippen molar-refractivity contribution in [2.45, 2.75) is 6.42 Å². The van der Waals surface area contributed by atoms with Gasteiger partial charge < -0.3 is 9.47 Å². The molecule has 78 valence electrons. The number of thiol groups is 1. The van der Waals surface area contributed by atoms with Gasteiger partial charge in [0, 0.05) is 19.3 Å². The van der Waals surface area contributed by atoms with E-state index < -0.39 is 0 Å². The summed E-state index contributed by atoms with van der Waals surface area (Å²) in [6.07, 6.45) is 0.534. The zero-order chi connectivity index (χ0) is 9.94. The molecule has 0 aliphatic heterocycles. The van der Waals surface area contributed by atoms with Crippen LogP contribution in [0.15, 0.2) is 0 Å². The summed E-state index contributed by atoms with van der Waals surface area (Å²) < 4.78 is 9.98. The van der Waals surface area contributed by atoms with E-state index in [0.717, 1.165) is 5.75 Å². The lowest BCUT2D eigenvalue weighted by Crippen LogP contribution is -2.05. The molecule has 0 N–H and O–H groups in total. The van der Waals surface area contributed by atoms with E-state index in [9.17, 15) is 4.79 Å². The highest BCUT2D eigenvalue weighted by Gasteiger charge is 1.99. The molecule has 0 amide bonds. The summed E-state index contributed by atoms with van der Waals surface area (Å²) in [5, 5.41) is 0.186. The van der Waals surface area contributed by atoms with Crippen molar-refractivity contribution in [1.82, 2.24) is 0 Å². The molecule has 13 heavy (non-hydrogen) atoms. The van der Waals surface area contributed by atoms with Crippen LogP contribution in [0.25, 0.3) is 0 Å². The van der Waals surface area contributed by atoms with E-state index in [4.69, 9.17) is 9.47 Å². The van der Waals surface area contributed by atoms with Crippen LogP contribution < -0.4 is 0 Å². The van der Waals surface area contributed by atoms with Crippen LogP contribution >= 0.6 is 24.4 Å². The first kappa shape index (κ1) is 13.3. The number of hydrogen-bond donors (Lipinski definition) is 1. The zero-order valence-electron chi connectivity index (χ0n) is 7.82.